The standard InChI is InChI=1S/2C27H27N2.C16H13N2O.C16H12N2O.C4H8O.CHF3O3S.2CH4O.CH4.HI.2Ir/c2*1-19(2)24-17-23(21-11-7-5-8-12-21)18-25(20(3)4)26(24)29-16-15-28-27(29)22-13-9-6-10-14-22;2*1-17-9-10-18(11-17)14-7-4-6-13-12-5-2-3-8-15(12)19-16(13)14;1-2-4-5-3-1;2-1(3,4)8(5,6)7;2*1-2;;;;/h2*5-13,15-20H,1-4H3;2-11H,1H3;2-6,8-11H,1H3;1-4H2;(H,5,6,7);2*2H,1H3;1H4;1H;;/q2*-1;+1;-2;;;;;;;;+3/p-1. The van der Waals surface area contributed by atoms with E-state index in [0.717, 1.165) is 105 Å². The molecule has 3 N–H and O–H groups in total. The maximum absolute atomic E-state index is 10.7. The van der Waals surface area contributed by atoms with Crippen LogP contribution in [0.1, 0.15) is 122 Å². The van der Waals surface area contributed by atoms with Crippen LogP contribution in [0.25, 0.3) is 106 Å². The van der Waals surface area contributed by atoms with Crippen molar-refractivity contribution in [3.63, 3.8) is 0 Å². The number of hydrogen-bond acceptors (Lipinski definition) is 11. The second-order valence-electron chi connectivity index (χ2n) is 27.8. The van der Waals surface area contributed by atoms with Crippen molar-refractivity contribution < 1.29 is 119 Å². The van der Waals surface area contributed by atoms with Crippen LogP contribution in [0.2, 0.25) is 0 Å². The van der Waals surface area contributed by atoms with E-state index in [1.807, 2.05) is 164 Å². The molecule has 1 saturated heterocycles. The number of rotatable bonds is 12. The number of fused-ring (bicyclic) bond motifs is 6. The number of nitrogens with zero attached hydrogens (tertiary/aromatic N) is 8. The molecule has 0 saturated carbocycles. The molecule has 1 radical (unpaired) electrons. The Morgan fingerprint density at radius 3 is 1.31 bits per heavy atom. The Balaban J connectivity index is 0.000000227. The van der Waals surface area contributed by atoms with Crippen molar-refractivity contribution in [1.82, 2.24) is 28.6 Å². The molecule has 117 heavy (non-hydrogen) atoms. The average molecular weight is 2070 g/mol. The zero-order chi connectivity index (χ0) is 80.9. The number of hydrogen-bond donors (Lipinski definition) is 3. The fourth-order valence-electron chi connectivity index (χ4n) is 13.2. The summed E-state index contributed by atoms with van der Waals surface area (Å²) in [5.41, 5.74) is 15.0. The number of imidazole rings is 3. The molecule has 2 aliphatic rings. The summed E-state index contributed by atoms with van der Waals surface area (Å²) in [5.74, 6) is 3.42. The molecule has 2 aliphatic heterocycles. The topological polar surface area (TPSA) is 181 Å². The molecule has 0 unspecified atom stereocenters. The number of alkyl halides is 3. The zero-order valence-electron chi connectivity index (χ0n) is 66.7. The van der Waals surface area contributed by atoms with Crippen molar-refractivity contribution in [1.29, 1.82) is 0 Å². The summed E-state index contributed by atoms with van der Waals surface area (Å²) in [5, 5.41) is 18.6. The van der Waals surface area contributed by atoms with Crippen LogP contribution in [0.15, 0.2) is 277 Å². The number of anilines is 1. The van der Waals surface area contributed by atoms with Gasteiger partial charge in [0.1, 0.15) is 23.6 Å². The molecule has 7 heterocycles. The van der Waals surface area contributed by atoms with Gasteiger partial charge in [-0.05, 0) is 143 Å². The van der Waals surface area contributed by atoms with Gasteiger partial charge in [-0.3, -0.25) is 14.5 Å². The number of para-hydroxylation sites is 3. The third-order valence-corrected chi connectivity index (χ3v) is 19.2. The van der Waals surface area contributed by atoms with E-state index in [1.54, 1.807) is 0 Å². The van der Waals surface area contributed by atoms with Crippen LogP contribution in [-0.2, 0) is 62.1 Å². The largest absolute Gasteiger partial charge is 3.00 e. The minimum Gasteiger partial charge on any atom is -1.00 e. The molecule has 16 nitrogen and oxygen atoms in total. The molecule has 0 amide bonds. The van der Waals surface area contributed by atoms with Crippen LogP contribution in [0.3, 0.4) is 0 Å². The Kier molecular flexibility index (Phi) is 37.3. The van der Waals surface area contributed by atoms with E-state index in [4.69, 9.17) is 36.8 Å². The summed E-state index contributed by atoms with van der Waals surface area (Å²) in [7, 11) is 0.164. The number of benzene rings is 10. The summed E-state index contributed by atoms with van der Waals surface area (Å²) >= 11 is 0. The van der Waals surface area contributed by atoms with Gasteiger partial charge in [0.2, 0.25) is 6.33 Å². The van der Waals surface area contributed by atoms with Gasteiger partial charge in [-0.1, -0.05) is 183 Å². The molecule has 15 aromatic rings. The molecule has 17 rings (SSSR count). The number of aliphatic hydroxyl groups excluding tert-OH is 2. The van der Waals surface area contributed by atoms with Crippen LogP contribution in [0.5, 0.6) is 0 Å². The van der Waals surface area contributed by atoms with E-state index in [-0.39, 0.29) is 71.6 Å². The smallest absolute Gasteiger partial charge is 1.00 e. The van der Waals surface area contributed by atoms with Gasteiger partial charge in [-0.25, -0.2) is 4.57 Å². The minimum absolute atomic E-state index is 0. The predicted molar refractivity (Wildman–Crippen MR) is 454 cm³/mol. The molecule has 5 aromatic heterocycles. The van der Waals surface area contributed by atoms with Gasteiger partial charge in [0.25, 0.3) is 0 Å². The van der Waals surface area contributed by atoms with E-state index in [1.165, 1.54) is 68.7 Å². The molecule has 0 spiro atoms. The Labute approximate surface area is 729 Å². The van der Waals surface area contributed by atoms with Crippen LogP contribution in [-0.4, -0.2) is 91.7 Å². The van der Waals surface area contributed by atoms with Gasteiger partial charge in [-0.2, -0.15) is 51.0 Å². The van der Waals surface area contributed by atoms with Crippen molar-refractivity contribution >= 4 is 59.7 Å². The van der Waals surface area contributed by atoms with E-state index in [9.17, 15) is 13.2 Å². The number of aryl methyl sites for hydroxylation is 1. The van der Waals surface area contributed by atoms with Crippen molar-refractivity contribution in [2.24, 2.45) is 7.05 Å². The van der Waals surface area contributed by atoms with Gasteiger partial charge in [0, 0.05) is 105 Å². The zero-order valence-corrected chi connectivity index (χ0v) is 74.4. The third-order valence-electron chi connectivity index (χ3n) is 18.6. The van der Waals surface area contributed by atoms with Crippen molar-refractivity contribution in [2.75, 3.05) is 39.4 Å². The SMILES string of the molecule is C.C1CCOC1.CC(C)c1cc(-c2ccccc2)cc(C(C)C)c1-n1ccnc1-c1[c-]cccc1.CC(C)c1cc(-c2ccccc2)cc(C(C)C)c1-n1ccnc1-c1[c-]cccc1.CN1C=CN(c2[c-]ccc3c2oc2ccccc23)[CH-]1.CO.CO.C[n+]1ccn(-c2cccc3c2oc2ccccc23)c1.O=S(=O)(O)C(F)(F)F.[I-].[Ir+3].[Ir]. The van der Waals surface area contributed by atoms with Gasteiger partial charge < -0.3 is 66.7 Å². The molecular weight excluding hydrogens is 1970 g/mol. The molecule has 617 valence electrons. The van der Waals surface area contributed by atoms with Crippen LogP contribution in [0.4, 0.5) is 18.9 Å². The summed E-state index contributed by atoms with van der Waals surface area (Å²) < 4.78 is 83.1. The third kappa shape index (κ3) is 23.9. The van der Waals surface area contributed by atoms with Gasteiger partial charge in [-0.15, -0.1) is 71.8 Å². The van der Waals surface area contributed by atoms with E-state index in [0.29, 0.717) is 23.7 Å². The molecule has 23 heteroatoms. The fourth-order valence-corrected chi connectivity index (χ4v) is 13.2. The number of halogens is 4. The summed E-state index contributed by atoms with van der Waals surface area (Å²) in [6.45, 7) is 22.1. The van der Waals surface area contributed by atoms with Gasteiger partial charge >= 0.3 is 35.7 Å². The maximum atomic E-state index is 10.7. The van der Waals surface area contributed by atoms with Gasteiger partial charge in [0.15, 0.2) is 11.3 Å². The minimum atomic E-state index is -5.84. The van der Waals surface area contributed by atoms with Crippen LogP contribution in [0, 0.1) is 24.9 Å². The Morgan fingerprint density at radius 1 is 0.521 bits per heavy atom. The van der Waals surface area contributed by atoms with E-state index in [2.05, 4.69) is 237 Å². The monoisotopic (exact) mass is 2070 g/mol. The second-order valence-corrected chi connectivity index (χ2v) is 29.2. The number of aromatic nitrogens is 6. The van der Waals surface area contributed by atoms with Crippen molar-refractivity contribution in [3.8, 4) is 62.1 Å². The predicted octanol–water partition coefficient (Wildman–Crippen LogP) is 19.5. The molecular formula is C94H100F3IIr2N8O8S-. The first kappa shape index (κ1) is 96.2. The number of furan rings is 2. The van der Waals surface area contributed by atoms with Crippen molar-refractivity contribution in [3.05, 3.63) is 315 Å². The summed E-state index contributed by atoms with van der Waals surface area (Å²) in [6, 6.07) is 83.2. The van der Waals surface area contributed by atoms with Gasteiger partial charge in [0.05, 0.1) is 18.7 Å². The molecule has 10 aromatic carbocycles. The first-order valence-corrected chi connectivity index (χ1v) is 38.7. The Morgan fingerprint density at radius 2 is 0.932 bits per heavy atom. The van der Waals surface area contributed by atoms with E-state index >= 15 is 0 Å². The first-order valence-electron chi connectivity index (χ1n) is 37.3. The fraction of sp³-hybridized carbons (Fsp3) is 0.234. The molecule has 1 fully saturated rings. The molecule has 0 aliphatic carbocycles. The van der Waals surface area contributed by atoms with Crippen molar-refractivity contribution in [2.45, 2.75) is 105 Å². The molecule has 0 bridgehead atoms. The Hall–Kier alpha value is -9.62. The normalized spacial score (nSPS) is 12.0. The quantitative estimate of drug-likeness (QED) is 0.0347. The second kappa shape index (κ2) is 45.4. The van der Waals surface area contributed by atoms with Crippen LogP contribution >= 0.6 is 0 Å². The maximum Gasteiger partial charge on any atom is 3.00 e. The molecule has 0 atom stereocenters. The van der Waals surface area contributed by atoms with Crippen LogP contribution < -0.4 is 33.4 Å². The first-order chi connectivity index (χ1) is 54.5. The number of aliphatic hydroxyl groups is 2. The Bertz CT molecular complexity index is 5450. The summed E-state index contributed by atoms with van der Waals surface area (Å²) in [4.78, 5) is 13.4. The average Bonchev–Trinajstić information content (AvgIpc) is 1.50. The summed E-state index contributed by atoms with van der Waals surface area (Å²) in [6.07, 6.45) is 20.5. The number of ether oxygens (including phenoxy) is 1. The van der Waals surface area contributed by atoms with E-state index < -0.39 is 15.6 Å².